The summed E-state index contributed by atoms with van der Waals surface area (Å²) in [4.78, 5) is 16.6. The van der Waals surface area contributed by atoms with E-state index >= 15 is 0 Å². The molecule has 0 spiro atoms. The van der Waals surface area contributed by atoms with E-state index in [2.05, 4.69) is 28.7 Å². The number of hydrogen-bond donors (Lipinski definition) is 1. The van der Waals surface area contributed by atoms with Crippen LogP contribution in [-0.2, 0) is 4.79 Å². The van der Waals surface area contributed by atoms with Crippen LogP contribution in [0.2, 0.25) is 0 Å². The average Bonchev–Trinajstić information content (AvgIpc) is 3.20. The number of nitrogens with zero attached hydrogens (tertiary/aromatic N) is 2. The Morgan fingerprint density at radius 2 is 2.19 bits per heavy atom. The maximum absolute atomic E-state index is 12.2. The first kappa shape index (κ1) is 14.9. The molecule has 0 saturated heterocycles. The van der Waals surface area contributed by atoms with Crippen molar-refractivity contribution in [1.29, 1.82) is 0 Å². The van der Waals surface area contributed by atoms with Gasteiger partial charge in [0.15, 0.2) is 5.16 Å². The lowest BCUT2D eigenvalue weighted by atomic mass is 9.78. The van der Waals surface area contributed by atoms with Crippen LogP contribution in [0.3, 0.4) is 0 Å². The number of hydrogen-bond acceptors (Lipinski definition) is 3. The Morgan fingerprint density at radius 3 is 2.95 bits per heavy atom. The van der Waals surface area contributed by atoms with E-state index in [1.807, 2.05) is 12.4 Å². The molecule has 0 unspecified atom stereocenters. The second kappa shape index (κ2) is 6.42. The summed E-state index contributed by atoms with van der Waals surface area (Å²) in [5.74, 6) is 1.92. The Hall–Kier alpha value is -0.970. The SMILES string of the molecule is C[C@H]1[C@H](C)CCC[C@H]1NC(=O)CSc1nccn1C1CC1. The lowest BCUT2D eigenvalue weighted by molar-refractivity contribution is -0.120. The van der Waals surface area contributed by atoms with Crippen LogP contribution in [0.5, 0.6) is 0 Å². The molecule has 0 aromatic carbocycles. The van der Waals surface area contributed by atoms with Crippen molar-refractivity contribution in [3.05, 3.63) is 12.4 Å². The van der Waals surface area contributed by atoms with Gasteiger partial charge in [0.25, 0.3) is 0 Å². The van der Waals surface area contributed by atoms with Crippen LogP contribution in [0, 0.1) is 11.8 Å². The standard InChI is InChI=1S/C16H25N3OS/c1-11-4-3-5-14(12(11)2)18-15(20)10-21-16-17-8-9-19(16)13-6-7-13/h8-9,11-14H,3-7,10H2,1-2H3,(H,18,20)/t11-,12+,14-/m1/s1. The number of carbonyl (C=O) groups is 1. The molecule has 2 fully saturated rings. The normalized spacial score (nSPS) is 29.3. The number of imidazole rings is 1. The Bertz CT molecular complexity index is 497. The minimum Gasteiger partial charge on any atom is -0.352 e. The third-order valence-corrected chi connectivity index (χ3v) is 5.94. The highest BCUT2D eigenvalue weighted by atomic mass is 32.2. The predicted molar refractivity (Wildman–Crippen MR) is 85.3 cm³/mol. The molecule has 116 valence electrons. The number of carbonyl (C=O) groups excluding carboxylic acids is 1. The summed E-state index contributed by atoms with van der Waals surface area (Å²) in [7, 11) is 0. The fourth-order valence-electron chi connectivity index (χ4n) is 3.21. The van der Waals surface area contributed by atoms with E-state index in [0.29, 0.717) is 29.7 Å². The zero-order valence-electron chi connectivity index (χ0n) is 12.9. The summed E-state index contributed by atoms with van der Waals surface area (Å²) in [6, 6.07) is 0.974. The van der Waals surface area contributed by atoms with E-state index in [0.717, 1.165) is 11.6 Å². The molecule has 2 aliphatic rings. The van der Waals surface area contributed by atoms with Gasteiger partial charge >= 0.3 is 0 Å². The molecule has 0 bridgehead atoms. The van der Waals surface area contributed by atoms with Crippen LogP contribution in [-0.4, -0.2) is 27.3 Å². The van der Waals surface area contributed by atoms with Crippen molar-refractivity contribution in [2.24, 2.45) is 11.8 Å². The Labute approximate surface area is 131 Å². The summed E-state index contributed by atoms with van der Waals surface area (Å²) < 4.78 is 2.21. The molecule has 0 radical (unpaired) electrons. The maximum atomic E-state index is 12.2. The molecule has 0 aliphatic heterocycles. The zero-order valence-corrected chi connectivity index (χ0v) is 13.7. The van der Waals surface area contributed by atoms with Gasteiger partial charge in [0.2, 0.25) is 5.91 Å². The second-order valence-electron chi connectivity index (χ2n) is 6.58. The van der Waals surface area contributed by atoms with Gasteiger partial charge in [0.05, 0.1) is 5.75 Å². The Morgan fingerprint density at radius 1 is 1.38 bits per heavy atom. The molecule has 1 amide bonds. The molecule has 4 nitrogen and oxygen atoms in total. The molecule has 3 atom stereocenters. The molecule has 1 aromatic rings. The van der Waals surface area contributed by atoms with Crippen LogP contribution < -0.4 is 5.32 Å². The highest BCUT2D eigenvalue weighted by Gasteiger charge is 2.29. The van der Waals surface area contributed by atoms with Gasteiger partial charge in [-0.25, -0.2) is 4.98 Å². The van der Waals surface area contributed by atoms with Gasteiger partial charge in [0.1, 0.15) is 0 Å². The van der Waals surface area contributed by atoms with E-state index in [9.17, 15) is 4.79 Å². The van der Waals surface area contributed by atoms with Crippen molar-refractivity contribution in [2.45, 2.75) is 63.2 Å². The number of nitrogens with one attached hydrogen (secondary N) is 1. The first-order valence-electron chi connectivity index (χ1n) is 8.10. The molecule has 1 aromatic heterocycles. The van der Waals surface area contributed by atoms with Crippen LogP contribution >= 0.6 is 11.8 Å². The number of amides is 1. The van der Waals surface area contributed by atoms with Crippen molar-refractivity contribution in [3.63, 3.8) is 0 Å². The quantitative estimate of drug-likeness (QED) is 0.849. The fraction of sp³-hybridized carbons (Fsp3) is 0.750. The van der Waals surface area contributed by atoms with Gasteiger partial charge in [-0.2, -0.15) is 0 Å². The molecule has 5 heteroatoms. The minimum absolute atomic E-state index is 0.149. The number of thioether (sulfide) groups is 1. The van der Waals surface area contributed by atoms with Crippen LogP contribution in [0.15, 0.2) is 17.6 Å². The molecule has 1 heterocycles. The molecular weight excluding hydrogens is 282 g/mol. The zero-order chi connectivity index (χ0) is 14.8. The summed E-state index contributed by atoms with van der Waals surface area (Å²) in [6.45, 7) is 4.56. The van der Waals surface area contributed by atoms with E-state index < -0.39 is 0 Å². The van der Waals surface area contributed by atoms with Crippen molar-refractivity contribution in [2.75, 3.05) is 5.75 Å². The van der Waals surface area contributed by atoms with Crippen LogP contribution in [0.4, 0.5) is 0 Å². The molecule has 3 rings (SSSR count). The van der Waals surface area contributed by atoms with Gasteiger partial charge in [0, 0.05) is 24.5 Å². The molecule has 2 saturated carbocycles. The van der Waals surface area contributed by atoms with Crippen molar-refractivity contribution in [3.8, 4) is 0 Å². The predicted octanol–water partition coefficient (Wildman–Crippen LogP) is 3.25. The fourth-order valence-corrected chi connectivity index (χ4v) is 4.04. The van der Waals surface area contributed by atoms with Crippen molar-refractivity contribution in [1.82, 2.24) is 14.9 Å². The molecule has 1 N–H and O–H groups in total. The van der Waals surface area contributed by atoms with Crippen LogP contribution in [0.25, 0.3) is 0 Å². The third kappa shape index (κ3) is 3.62. The summed E-state index contributed by atoms with van der Waals surface area (Å²) >= 11 is 1.56. The lowest BCUT2D eigenvalue weighted by Gasteiger charge is -2.34. The average molecular weight is 307 g/mol. The van der Waals surface area contributed by atoms with E-state index in [-0.39, 0.29) is 5.91 Å². The van der Waals surface area contributed by atoms with Gasteiger partial charge in [-0.15, -0.1) is 0 Å². The smallest absolute Gasteiger partial charge is 0.230 e. The molecular formula is C16H25N3OS. The monoisotopic (exact) mass is 307 g/mol. The lowest BCUT2D eigenvalue weighted by Crippen LogP contribution is -2.44. The molecule has 2 aliphatic carbocycles. The van der Waals surface area contributed by atoms with Crippen molar-refractivity contribution < 1.29 is 4.79 Å². The minimum atomic E-state index is 0.149. The third-order valence-electron chi connectivity index (χ3n) is 4.96. The Balaban J connectivity index is 1.49. The maximum Gasteiger partial charge on any atom is 0.230 e. The number of aromatic nitrogens is 2. The van der Waals surface area contributed by atoms with E-state index in [1.165, 1.54) is 25.7 Å². The first-order chi connectivity index (χ1) is 10.1. The summed E-state index contributed by atoms with van der Waals surface area (Å²) in [6.07, 6.45) is 10.0. The van der Waals surface area contributed by atoms with Gasteiger partial charge in [-0.1, -0.05) is 38.5 Å². The first-order valence-corrected chi connectivity index (χ1v) is 9.08. The number of rotatable bonds is 5. The largest absolute Gasteiger partial charge is 0.352 e. The van der Waals surface area contributed by atoms with Gasteiger partial charge < -0.3 is 9.88 Å². The van der Waals surface area contributed by atoms with Gasteiger partial charge in [-0.3, -0.25) is 4.79 Å². The second-order valence-corrected chi connectivity index (χ2v) is 7.52. The van der Waals surface area contributed by atoms with Gasteiger partial charge in [-0.05, 0) is 31.1 Å². The highest BCUT2D eigenvalue weighted by Crippen LogP contribution is 2.37. The molecule has 21 heavy (non-hydrogen) atoms. The van der Waals surface area contributed by atoms with Crippen LogP contribution in [0.1, 0.15) is 52.0 Å². The van der Waals surface area contributed by atoms with Crippen molar-refractivity contribution >= 4 is 17.7 Å². The summed E-state index contributed by atoms with van der Waals surface area (Å²) in [5.41, 5.74) is 0. The summed E-state index contributed by atoms with van der Waals surface area (Å²) in [5, 5.41) is 4.21. The van der Waals surface area contributed by atoms with E-state index in [4.69, 9.17) is 0 Å². The topological polar surface area (TPSA) is 46.9 Å². The van der Waals surface area contributed by atoms with E-state index in [1.54, 1.807) is 11.8 Å². The Kier molecular flexibility index (Phi) is 4.57. The highest BCUT2D eigenvalue weighted by molar-refractivity contribution is 7.99.